The number of hydrogen-bond donors (Lipinski definition) is 1. The predicted molar refractivity (Wildman–Crippen MR) is 66.0 cm³/mol. The summed E-state index contributed by atoms with van der Waals surface area (Å²) in [6.45, 7) is 1.14. The minimum atomic E-state index is -0.758. The molecule has 8 heteroatoms. The van der Waals surface area contributed by atoms with Gasteiger partial charge >= 0.3 is 0 Å². The van der Waals surface area contributed by atoms with Crippen LogP contribution in [0.3, 0.4) is 0 Å². The van der Waals surface area contributed by atoms with Gasteiger partial charge in [-0.1, -0.05) is 5.21 Å². The molecule has 3 aromatic rings. The third kappa shape index (κ3) is 1.69. The molecule has 0 radical (unpaired) electrons. The Balaban J connectivity index is 2.31. The molecule has 0 aromatic carbocycles. The lowest BCUT2D eigenvalue weighted by atomic mass is 10.1. The van der Waals surface area contributed by atoms with Crippen LogP contribution in [-0.2, 0) is 4.79 Å². The molecule has 0 unspecified atom stereocenters. The summed E-state index contributed by atoms with van der Waals surface area (Å²) in [6.07, 6.45) is 5.25. The highest BCUT2D eigenvalue weighted by atomic mass is 19.1. The van der Waals surface area contributed by atoms with Gasteiger partial charge in [-0.25, -0.2) is 14.1 Å². The first-order chi connectivity index (χ1) is 9.59. The Bertz CT molecular complexity index is 822. The van der Waals surface area contributed by atoms with Crippen molar-refractivity contribution in [3.8, 4) is 5.82 Å². The van der Waals surface area contributed by atoms with Gasteiger partial charge in [0.15, 0.2) is 17.4 Å². The van der Waals surface area contributed by atoms with Gasteiger partial charge in [-0.2, -0.15) is 0 Å². The molecule has 1 N–H and O–H groups in total. The molecular formula is C12H8FN5O2. The molecule has 0 amide bonds. The number of hydrogen-bond acceptors (Lipinski definition) is 5. The number of halogens is 1. The quantitative estimate of drug-likeness (QED) is 0.568. The Hall–Kier alpha value is -2.90. The van der Waals surface area contributed by atoms with Crippen LogP contribution in [0.5, 0.6) is 0 Å². The lowest BCUT2D eigenvalue weighted by Crippen LogP contribution is -2.09. The van der Waals surface area contributed by atoms with E-state index in [0.717, 1.165) is 13.1 Å². The fourth-order valence-electron chi connectivity index (χ4n) is 1.96. The van der Waals surface area contributed by atoms with E-state index in [9.17, 15) is 14.0 Å². The van der Waals surface area contributed by atoms with Crippen LogP contribution in [0, 0.1) is 5.82 Å². The van der Waals surface area contributed by atoms with E-state index in [1.807, 2.05) is 0 Å². The molecule has 0 aliphatic heterocycles. The molecule has 0 spiro atoms. The lowest BCUT2D eigenvalue weighted by Gasteiger charge is -2.02. The first kappa shape index (κ1) is 12.2. The summed E-state index contributed by atoms with van der Waals surface area (Å²) in [6, 6.07) is 0. The van der Waals surface area contributed by atoms with Crippen LogP contribution >= 0.6 is 0 Å². The van der Waals surface area contributed by atoms with E-state index in [0.29, 0.717) is 5.82 Å². The molecule has 100 valence electrons. The van der Waals surface area contributed by atoms with Crippen LogP contribution in [0.4, 0.5) is 4.39 Å². The topological polar surface area (TPSA) is 93.5 Å². The largest absolute Gasteiger partial charge is 0.357 e. The van der Waals surface area contributed by atoms with Crippen molar-refractivity contribution in [1.29, 1.82) is 0 Å². The van der Waals surface area contributed by atoms with Crippen molar-refractivity contribution in [2.75, 3.05) is 0 Å². The average molecular weight is 273 g/mol. The van der Waals surface area contributed by atoms with Crippen LogP contribution in [0.2, 0.25) is 0 Å². The number of carbonyl (C=O) groups excluding carboxylic acids is 2. The summed E-state index contributed by atoms with van der Waals surface area (Å²) in [5.74, 6) is -1.81. The van der Waals surface area contributed by atoms with E-state index in [-0.39, 0.29) is 16.5 Å². The Morgan fingerprint density at radius 2 is 2.20 bits per heavy atom. The number of H-pyrrole nitrogens is 1. The SMILES string of the molecule is CC(=O)C(=O)c1c[nH]c2c(-n3ccnn3)ncc(F)c12. The van der Waals surface area contributed by atoms with Gasteiger partial charge in [-0.05, 0) is 0 Å². The fourth-order valence-corrected chi connectivity index (χ4v) is 1.96. The number of carbonyl (C=O) groups is 2. The highest BCUT2D eigenvalue weighted by molar-refractivity contribution is 6.45. The van der Waals surface area contributed by atoms with Crippen LogP contribution in [-0.4, -0.2) is 36.5 Å². The van der Waals surface area contributed by atoms with Gasteiger partial charge in [0.2, 0.25) is 5.78 Å². The van der Waals surface area contributed by atoms with Gasteiger partial charge in [0.1, 0.15) is 0 Å². The molecule has 0 saturated heterocycles. The van der Waals surface area contributed by atoms with Crippen LogP contribution in [0.25, 0.3) is 16.7 Å². The van der Waals surface area contributed by atoms with E-state index in [4.69, 9.17) is 0 Å². The smallest absolute Gasteiger partial charge is 0.230 e. The van der Waals surface area contributed by atoms with Gasteiger partial charge in [0.25, 0.3) is 0 Å². The third-order valence-electron chi connectivity index (χ3n) is 2.85. The van der Waals surface area contributed by atoms with E-state index in [1.54, 1.807) is 0 Å². The number of pyridine rings is 1. The number of aromatic nitrogens is 5. The second-order valence-electron chi connectivity index (χ2n) is 4.12. The molecule has 3 aromatic heterocycles. The van der Waals surface area contributed by atoms with Crippen molar-refractivity contribution >= 4 is 22.5 Å². The monoisotopic (exact) mass is 273 g/mol. The van der Waals surface area contributed by atoms with E-state index < -0.39 is 17.4 Å². The summed E-state index contributed by atoms with van der Waals surface area (Å²) < 4.78 is 15.3. The summed E-state index contributed by atoms with van der Waals surface area (Å²) in [7, 11) is 0. The number of Topliss-reactive ketones (excluding diaryl/α,β-unsaturated/α-hetero) is 2. The summed E-state index contributed by atoms with van der Waals surface area (Å²) in [5.41, 5.74) is 0.258. The molecule has 0 saturated carbocycles. The molecule has 0 fully saturated rings. The zero-order chi connectivity index (χ0) is 14.3. The van der Waals surface area contributed by atoms with Crippen molar-refractivity contribution < 1.29 is 14.0 Å². The van der Waals surface area contributed by atoms with Crippen LogP contribution in [0.1, 0.15) is 17.3 Å². The standard InChI is InChI=1S/C12H8FN5O2/c1-6(19)11(20)7-4-14-10-9(7)8(13)5-15-12(10)18-3-2-16-17-18/h2-5,14H,1H3. The van der Waals surface area contributed by atoms with Crippen molar-refractivity contribution in [2.45, 2.75) is 6.92 Å². The molecule has 7 nitrogen and oxygen atoms in total. The maximum absolute atomic E-state index is 13.9. The minimum absolute atomic E-state index is 0.0192. The average Bonchev–Trinajstić information content (AvgIpc) is 3.07. The maximum Gasteiger partial charge on any atom is 0.230 e. The Morgan fingerprint density at radius 3 is 2.85 bits per heavy atom. The van der Waals surface area contributed by atoms with Crippen LogP contribution in [0.15, 0.2) is 24.8 Å². The normalized spacial score (nSPS) is 10.9. The molecule has 3 rings (SSSR count). The third-order valence-corrected chi connectivity index (χ3v) is 2.85. The molecule has 0 atom stereocenters. The van der Waals surface area contributed by atoms with Crippen LogP contribution < -0.4 is 0 Å². The van der Waals surface area contributed by atoms with Crippen molar-refractivity contribution in [3.05, 3.63) is 36.2 Å². The highest BCUT2D eigenvalue weighted by Crippen LogP contribution is 2.25. The zero-order valence-electron chi connectivity index (χ0n) is 10.3. The lowest BCUT2D eigenvalue weighted by molar-refractivity contribution is -0.113. The number of nitrogens with zero attached hydrogens (tertiary/aromatic N) is 4. The van der Waals surface area contributed by atoms with Crippen molar-refractivity contribution in [1.82, 2.24) is 25.0 Å². The summed E-state index contributed by atoms with van der Waals surface area (Å²) in [5, 5.41) is 7.43. The van der Waals surface area contributed by atoms with E-state index in [2.05, 4.69) is 20.3 Å². The second kappa shape index (κ2) is 4.34. The van der Waals surface area contributed by atoms with E-state index >= 15 is 0 Å². The Kier molecular flexibility index (Phi) is 2.63. The summed E-state index contributed by atoms with van der Waals surface area (Å²) in [4.78, 5) is 29.6. The first-order valence-electron chi connectivity index (χ1n) is 5.67. The number of nitrogens with one attached hydrogen (secondary N) is 1. The molecule has 3 heterocycles. The van der Waals surface area contributed by atoms with Crippen molar-refractivity contribution in [2.24, 2.45) is 0 Å². The highest BCUT2D eigenvalue weighted by Gasteiger charge is 2.21. The zero-order valence-corrected chi connectivity index (χ0v) is 10.3. The van der Waals surface area contributed by atoms with E-state index in [1.165, 1.54) is 23.3 Å². The van der Waals surface area contributed by atoms with Gasteiger partial charge in [-0.15, -0.1) is 5.10 Å². The molecule has 0 aliphatic carbocycles. The Labute approximate surface area is 111 Å². The fraction of sp³-hybridized carbons (Fsp3) is 0.0833. The second-order valence-corrected chi connectivity index (χ2v) is 4.12. The van der Waals surface area contributed by atoms with Gasteiger partial charge in [0, 0.05) is 13.1 Å². The molecule has 20 heavy (non-hydrogen) atoms. The molecule has 0 bridgehead atoms. The van der Waals surface area contributed by atoms with Gasteiger partial charge in [-0.3, -0.25) is 9.59 Å². The minimum Gasteiger partial charge on any atom is -0.357 e. The number of aromatic amines is 1. The molecule has 0 aliphatic rings. The first-order valence-corrected chi connectivity index (χ1v) is 5.67. The number of rotatable bonds is 3. The van der Waals surface area contributed by atoms with Gasteiger partial charge in [0.05, 0.1) is 35.1 Å². The predicted octanol–water partition coefficient (Wildman–Crippen LogP) is 1.05. The Morgan fingerprint density at radius 1 is 1.40 bits per heavy atom. The van der Waals surface area contributed by atoms with Gasteiger partial charge < -0.3 is 4.98 Å². The maximum atomic E-state index is 13.9. The number of ketones is 2. The summed E-state index contributed by atoms with van der Waals surface area (Å²) >= 11 is 0. The number of fused-ring (bicyclic) bond motifs is 1. The molecular weight excluding hydrogens is 265 g/mol. The van der Waals surface area contributed by atoms with Crippen molar-refractivity contribution in [3.63, 3.8) is 0 Å².